The maximum absolute atomic E-state index is 11.5. The first kappa shape index (κ1) is 16.0. The fourth-order valence-corrected chi connectivity index (χ4v) is 1.40. The van der Waals surface area contributed by atoms with Gasteiger partial charge in [0, 0.05) is 7.05 Å². The monoisotopic (exact) mass is 282 g/mol. The predicted octanol–water partition coefficient (Wildman–Crippen LogP) is 0.943. The Balaban J connectivity index is 2.48. The van der Waals surface area contributed by atoms with E-state index in [9.17, 15) is 9.90 Å². The summed E-state index contributed by atoms with van der Waals surface area (Å²) in [5.41, 5.74) is 5.62. The molecule has 1 unspecified atom stereocenters. The molecule has 0 aromatic carbocycles. The summed E-state index contributed by atoms with van der Waals surface area (Å²) in [6.45, 7) is 5.36. The highest BCUT2D eigenvalue weighted by Gasteiger charge is 2.18. The van der Waals surface area contributed by atoms with Crippen LogP contribution in [-0.2, 0) is 4.74 Å². The second-order valence-electron chi connectivity index (χ2n) is 5.42. The van der Waals surface area contributed by atoms with Crippen molar-refractivity contribution in [3.8, 4) is 0 Å². The Morgan fingerprint density at radius 3 is 2.70 bits per heavy atom. The van der Waals surface area contributed by atoms with Gasteiger partial charge in [-0.15, -0.1) is 0 Å². The SMILES string of the molecule is CN(c1ccc(N)nc1)C(O)CNC(=O)OC(C)(C)C. The molecule has 0 aliphatic carbocycles. The molecule has 0 saturated carbocycles. The second kappa shape index (κ2) is 6.42. The summed E-state index contributed by atoms with van der Waals surface area (Å²) in [4.78, 5) is 17.0. The molecule has 20 heavy (non-hydrogen) atoms. The number of hydrogen-bond donors (Lipinski definition) is 3. The van der Waals surface area contributed by atoms with Gasteiger partial charge in [-0.05, 0) is 32.9 Å². The van der Waals surface area contributed by atoms with Crippen LogP contribution in [0.2, 0.25) is 0 Å². The van der Waals surface area contributed by atoms with Gasteiger partial charge in [-0.2, -0.15) is 0 Å². The average Bonchev–Trinajstić information content (AvgIpc) is 2.34. The van der Waals surface area contributed by atoms with Gasteiger partial charge in [-0.3, -0.25) is 0 Å². The zero-order chi connectivity index (χ0) is 15.3. The largest absolute Gasteiger partial charge is 0.444 e. The van der Waals surface area contributed by atoms with Crippen LogP contribution in [0.15, 0.2) is 18.3 Å². The van der Waals surface area contributed by atoms with Crippen molar-refractivity contribution in [2.45, 2.75) is 32.6 Å². The molecule has 1 rings (SSSR count). The molecular formula is C13H22N4O3. The van der Waals surface area contributed by atoms with Gasteiger partial charge in [0.05, 0.1) is 18.4 Å². The summed E-state index contributed by atoms with van der Waals surface area (Å²) in [5, 5.41) is 12.5. The molecule has 7 heteroatoms. The number of aliphatic hydroxyl groups excluding tert-OH is 1. The summed E-state index contributed by atoms with van der Waals surface area (Å²) >= 11 is 0. The fraction of sp³-hybridized carbons (Fsp3) is 0.538. The van der Waals surface area contributed by atoms with Crippen LogP contribution < -0.4 is 16.0 Å². The van der Waals surface area contributed by atoms with Crippen LogP contribution in [0.5, 0.6) is 0 Å². The molecular weight excluding hydrogens is 260 g/mol. The van der Waals surface area contributed by atoms with E-state index in [0.717, 1.165) is 0 Å². The Kier molecular flexibility index (Phi) is 5.15. The maximum atomic E-state index is 11.5. The smallest absolute Gasteiger partial charge is 0.407 e. The molecule has 1 aromatic heterocycles. The number of ether oxygens (including phenoxy) is 1. The van der Waals surface area contributed by atoms with Crippen LogP contribution in [0.4, 0.5) is 16.3 Å². The average molecular weight is 282 g/mol. The maximum Gasteiger partial charge on any atom is 0.407 e. The van der Waals surface area contributed by atoms with Crippen LogP contribution in [0, 0.1) is 0 Å². The van der Waals surface area contributed by atoms with E-state index in [1.807, 2.05) is 0 Å². The number of nitrogens with one attached hydrogen (secondary N) is 1. The molecule has 7 nitrogen and oxygen atoms in total. The number of nitrogen functional groups attached to an aromatic ring is 1. The minimum atomic E-state index is -0.895. The van der Waals surface area contributed by atoms with Crippen molar-refractivity contribution in [3.05, 3.63) is 18.3 Å². The first-order valence-electron chi connectivity index (χ1n) is 6.28. The number of amides is 1. The van der Waals surface area contributed by atoms with Crippen molar-refractivity contribution in [2.24, 2.45) is 0 Å². The lowest BCUT2D eigenvalue weighted by Gasteiger charge is -2.26. The number of hydrogen-bond acceptors (Lipinski definition) is 6. The second-order valence-corrected chi connectivity index (χ2v) is 5.42. The molecule has 1 heterocycles. The topological polar surface area (TPSA) is 101 Å². The molecule has 0 saturated heterocycles. The first-order chi connectivity index (χ1) is 9.19. The third-order valence-electron chi connectivity index (χ3n) is 2.45. The number of likely N-dealkylation sites (N-methyl/N-ethyl adjacent to an activating group) is 1. The number of nitrogens with zero attached hydrogens (tertiary/aromatic N) is 2. The highest BCUT2D eigenvalue weighted by Crippen LogP contribution is 2.13. The van der Waals surface area contributed by atoms with E-state index in [1.54, 1.807) is 51.0 Å². The zero-order valence-corrected chi connectivity index (χ0v) is 12.3. The minimum absolute atomic E-state index is 0.0375. The summed E-state index contributed by atoms with van der Waals surface area (Å²) in [6.07, 6.45) is 0.0831. The number of alkyl carbamates (subject to hydrolysis) is 1. The van der Waals surface area contributed by atoms with E-state index < -0.39 is 17.9 Å². The Bertz CT molecular complexity index is 442. The number of carbonyl (C=O) groups is 1. The zero-order valence-electron chi connectivity index (χ0n) is 12.3. The van der Waals surface area contributed by atoms with Crippen LogP contribution >= 0.6 is 0 Å². The van der Waals surface area contributed by atoms with Crippen molar-refractivity contribution in [1.29, 1.82) is 0 Å². The lowest BCUT2D eigenvalue weighted by atomic mass is 10.2. The summed E-state index contributed by atoms with van der Waals surface area (Å²) in [6, 6.07) is 3.37. The van der Waals surface area contributed by atoms with Gasteiger partial charge >= 0.3 is 6.09 Å². The lowest BCUT2D eigenvalue weighted by molar-refractivity contribution is 0.0492. The Labute approximate surface area is 118 Å². The molecule has 0 fully saturated rings. The standard InChI is InChI=1S/C13H22N4O3/c1-13(2,3)20-12(19)16-8-11(18)17(4)9-5-6-10(14)15-7-9/h5-7,11,18H,8H2,1-4H3,(H2,14,15)(H,16,19). The molecule has 0 spiro atoms. The number of aromatic nitrogens is 1. The van der Waals surface area contributed by atoms with E-state index in [0.29, 0.717) is 11.5 Å². The highest BCUT2D eigenvalue weighted by atomic mass is 16.6. The summed E-state index contributed by atoms with van der Waals surface area (Å²) in [7, 11) is 1.69. The Morgan fingerprint density at radius 2 is 2.20 bits per heavy atom. The fourth-order valence-electron chi connectivity index (χ4n) is 1.40. The molecule has 0 radical (unpaired) electrons. The predicted molar refractivity (Wildman–Crippen MR) is 77.3 cm³/mol. The molecule has 1 amide bonds. The van der Waals surface area contributed by atoms with E-state index in [1.165, 1.54) is 0 Å². The van der Waals surface area contributed by atoms with Crippen LogP contribution in [-0.4, -0.2) is 41.6 Å². The minimum Gasteiger partial charge on any atom is -0.444 e. The van der Waals surface area contributed by atoms with Gasteiger partial charge in [-0.25, -0.2) is 9.78 Å². The lowest BCUT2D eigenvalue weighted by Crippen LogP contribution is -2.43. The first-order valence-corrected chi connectivity index (χ1v) is 6.28. The molecule has 1 atom stereocenters. The molecule has 0 aliphatic rings. The van der Waals surface area contributed by atoms with Crippen LogP contribution in [0.3, 0.4) is 0 Å². The number of aliphatic hydroxyl groups is 1. The van der Waals surface area contributed by atoms with E-state index in [4.69, 9.17) is 10.5 Å². The van der Waals surface area contributed by atoms with E-state index in [-0.39, 0.29) is 6.54 Å². The highest BCUT2D eigenvalue weighted by molar-refractivity contribution is 5.67. The van der Waals surface area contributed by atoms with Crippen LogP contribution in [0.25, 0.3) is 0 Å². The molecule has 1 aromatic rings. The molecule has 4 N–H and O–H groups in total. The Morgan fingerprint density at radius 1 is 1.55 bits per heavy atom. The van der Waals surface area contributed by atoms with Gasteiger partial charge in [-0.1, -0.05) is 0 Å². The number of carbonyl (C=O) groups excluding carboxylic acids is 1. The van der Waals surface area contributed by atoms with Crippen molar-refractivity contribution >= 4 is 17.6 Å². The van der Waals surface area contributed by atoms with E-state index in [2.05, 4.69) is 10.3 Å². The number of rotatable bonds is 4. The molecule has 0 aliphatic heterocycles. The van der Waals surface area contributed by atoms with Gasteiger partial charge in [0.1, 0.15) is 17.6 Å². The number of pyridine rings is 1. The number of nitrogens with two attached hydrogens (primary N) is 1. The van der Waals surface area contributed by atoms with Gasteiger partial charge in [0.15, 0.2) is 0 Å². The summed E-state index contributed by atoms with van der Waals surface area (Å²) in [5.74, 6) is 0.406. The van der Waals surface area contributed by atoms with E-state index >= 15 is 0 Å². The van der Waals surface area contributed by atoms with Gasteiger partial charge in [0.25, 0.3) is 0 Å². The van der Waals surface area contributed by atoms with Crippen molar-refractivity contribution in [3.63, 3.8) is 0 Å². The van der Waals surface area contributed by atoms with Gasteiger partial charge < -0.3 is 25.8 Å². The number of anilines is 2. The Hall–Kier alpha value is -2.02. The van der Waals surface area contributed by atoms with Crippen LogP contribution in [0.1, 0.15) is 20.8 Å². The van der Waals surface area contributed by atoms with Crippen molar-refractivity contribution in [1.82, 2.24) is 10.3 Å². The normalized spacial score (nSPS) is 12.7. The van der Waals surface area contributed by atoms with Crippen molar-refractivity contribution < 1.29 is 14.6 Å². The molecule has 112 valence electrons. The summed E-state index contributed by atoms with van der Waals surface area (Å²) < 4.78 is 5.08. The molecule has 0 bridgehead atoms. The quantitative estimate of drug-likeness (QED) is 0.711. The third kappa shape index (κ3) is 5.31. The third-order valence-corrected chi connectivity index (χ3v) is 2.45. The van der Waals surface area contributed by atoms with Crippen molar-refractivity contribution in [2.75, 3.05) is 24.2 Å². The van der Waals surface area contributed by atoms with Gasteiger partial charge in [0.2, 0.25) is 0 Å².